The van der Waals surface area contributed by atoms with E-state index in [0.717, 1.165) is 25.8 Å². The van der Waals surface area contributed by atoms with E-state index in [1.807, 2.05) is 0 Å². The fraction of sp³-hybridized carbons (Fsp3) is 0.611. The maximum absolute atomic E-state index is 14.4. The van der Waals surface area contributed by atoms with Gasteiger partial charge in [0.05, 0.1) is 27.2 Å². The monoisotopic (exact) mass is 339 g/mol. The highest BCUT2D eigenvalue weighted by atomic mass is 19.1. The van der Waals surface area contributed by atoms with Crippen molar-refractivity contribution >= 4 is 5.97 Å². The van der Waals surface area contributed by atoms with Gasteiger partial charge in [-0.25, -0.2) is 4.39 Å². The van der Waals surface area contributed by atoms with Crippen LogP contribution in [0.5, 0.6) is 11.5 Å². The minimum absolute atomic E-state index is 0.0882. The van der Waals surface area contributed by atoms with Gasteiger partial charge in [0.15, 0.2) is 11.5 Å². The molecule has 1 aliphatic rings. The van der Waals surface area contributed by atoms with Crippen molar-refractivity contribution < 1.29 is 23.4 Å². The highest BCUT2D eigenvalue weighted by Gasteiger charge is 2.26. The first kappa shape index (κ1) is 18.5. The number of carbonyl (C=O) groups is 1. The van der Waals surface area contributed by atoms with E-state index in [1.165, 1.54) is 20.3 Å². The summed E-state index contributed by atoms with van der Waals surface area (Å²) in [5, 5.41) is 0. The van der Waals surface area contributed by atoms with Gasteiger partial charge in [0.2, 0.25) is 0 Å². The molecule has 0 unspecified atom stereocenters. The number of hydrogen-bond acceptors (Lipinski definition) is 5. The lowest BCUT2D eigenvalue weighted by atomic mass is 9.98. The second kappa shape index (κ2) is 8.87. The molecule has 134 valence electrons. The van der Waals surface area contributed by atoms with Crippen LogP contribution < -0.4 is 9.47 Å². The molecule has 1 saturated heterocycles. The molecule has 24 heavy (non-hydrogen) atoms. The Morgan fingerprint density at radius 2 is 1.96 bits per heavy atom. The predicted octanol–water partition coefficient (Wildman–Crippen LogP) is 3.15. The molecule has 6 heteroatoms. The minimum Gasteiger partial charge on any atom is -0.493 e. The van der Waals surface area contributed by atoms with E-state index < -0.39 is 0 Å². The van der Waals surface area contributed by atoms with Crippen LogP contribution in [0.3, 0.4) is 0 Å². The summed E-state index contributed by atoms with van der Waals surface area (Å²) < 4.78 is 29.8. The molecule has 1 heterocycles. The van der Waals surface area contributed by atoms with Crippen molar-refractivity contribution in [3.8, 4) is 11.5 Å². The summed E-state index contributed by atoms with van der Waals surface area (Å²) in [6.07, 6.45) is 3.40. The molecule has 1 aliphatic heterocycles. The van der Waals surface area contributed by atoms with Gasteiger partial charge in [0.1, 0.15) is 5.82 Å². The van der Waals surface area contributed by atoms with Gasteiger partial charge in [-0.1, -0.05) is 6.42 Å². The number of nitrogens with zero attached hydrogens (tertiary/aromatic N) is 1. The Labute approximate surface area is 142 Å². The van der Waals surface area contributed by atoms with Crippen LogP contribution in [0.4, 0.5) is 4.39 Å². The lowest BCUT2D eigenvalue weighted by Gasteiger charge is -2.35. The van der Waals surface area contributed by atoms with Crippen LogP contribution in [0.25, 0.3) is 0 Å². The van der Waals surface area contributed by atoms with Crippen molar-refractivity contribution in [2.45, 2.75) is 45.2 Å². The molecule has 5 nitrogen and oxygen atoms in total. The van der Waals surface area contributed by atoms with Gasteiger partial charge in [-0.2, -0.15) is 0 Å². The molecule has 0 saturated carbocycles. The normalized spacial score (nSPS) is 18.2. The molecule has 0 aliphatic carbocycles. The Hall–Kier alpha value is -1.82. The lowest BCUT2D eigenvalue weighted by molar-refractivity contribution is -0.145. The molecular weight excluding hydrogens is 313 g/mol. The summed E-state index contributed by atoms with van der Waals surface area (Å²) in [7, 11) is 3.01. The average Bonchev–Trinajstić information content (AvgIpc) is 2.58. The van der Waals surface area contributed by atoms with E-state index in [2.05, 4.69) is 4.90 Å². The van der Waals surface area contributed by atoms with Gasteiger partial charge < -0.3 is 14.2 Å². The number of benzene rings is 1. The summed E-state index contributed by atoms with van der Waals surface area (Å²) in [5.41, 5.74) is 0.545. The molecule has 0 bridgehead atoms. The molecule has 0 spiro atoms. The van der Waals surface area contributed by atoms with Crippen molar-refractivity contribution in [3.63, 3.8) is 0 Å². The summed E-state index contributed by atoms with van der Waals surface area (Å²) >= 11 is 0. The SMILES string of the molecule is CCOC(=O)C[C@@H]1CCCCN1Cc1cc(OC)c(OC)cc1F. The smallest absolute Gasteiger partial charge is 0.307 e. The van der Waals surface area contributed by atoms with Crippen molar-refractivity contribution in [2.24, 2.45) is 0 Å². The lowest BCUT2D eigenvalue weighted by Crippen LogP contribution is -2.40. The first-order valence-corrected chi connectivity index (χ1v) is 8.39. The van der Waals surface area contributed by atoms with E-state index in [9.17, 15) is 9.18 Å². The quantitative estimate of drug-likeness (QED) is 0.714. The first-order valence-electron chi connectivity index (χ1n) is 8.39. The van der Waals surface area contributed by atoms with Crippen LogP contribution in [0.2, 0.25) is 0 Å². The summed E-state index contributed by atoms with van der Waals surface area (Å²) in [4.78, 5) is 14.0. The number of hydrogen-bond donors (Lipinski definition) is 0. The number of rotatable bonds is 7. The summed E-state index contributed by atoms with van der Waals surface area (Å²) in [6, 6.07) is 3.10. The van der Waals surface area contributed by atoms with Crippen LogP contribution in [-0.4, -0.2) is 44.3 Å². The van der Waals surface area contributed by atoms with Gasteiger partial charge in [-0.15, -0.1) is 0 Å². The first-order chi connectivity index (χ1) is 11.6. The van der Waals surface area contributed by atoms with Crippen molar-refractivity contribution in [3.05, 3.63) is 23.5 Å². The van der Waals surface area contributed by atoms with E-state index >= 15 is 0 Å². The highest BCUT2D eigenvalue weighted by molar-refractivity contribution is 5.70. The fourth-order valence-electron chi connectivity index (χ4n) is 3.15. The Bertz CT molecular complexity index is 564. The number of halogens is 1. The molecule has 1 fully saturated rings. The number of esters is 1. The number of ether oxygens (including phenoxy) is 3. The van der Waals surface area contributed by atoms with E-state index in [-0.39, 0.29) is 17.8 Å². The Kier molecular flexibility index (Phi) is 6.85. The third kappa shape index (κ3) is 4.60. The van der Waals surface area contributed by atoms with Crippen LogP contribution in [0, 0.1) is 5.82 Å². The van der Waals surface area contributed by atoms with E-state index in [1.54, 1.807) is 13.0 Å². The number of methoxy groups -OCH3 is 2. The van der Waals surface area contributed by atoms with Gasteiger partial charge in [0, 0.05) is 24.2 Å². The zero-order valence-electron chi connectivity index (χ0n) is 14.6. The second-order valence-corrected chi connectivity index (χ2v) is 5.93. The Morgan fingerprint density at radius 3 is 2.62 bits per heavy atom. The standard InChI is InChI=1S/C18H26FNO4/c1-4-24-18(21)10-14-7-5-6-8-20(14)12-13-9-16(22-2)17(23-3)11-15(13)19/h9,11,14H,4-8,10,12H2,1-3H3/t14-/m0/s1. The van der Waals surface area contributed by atoms with Crippen molar-refractivity contribution in [2.75, 3.05) is 27.4 Å². The molecule has 1 aromatic carbocycles. The number of piperidine rings is 1. The maximum atomic E-state index is 14.4. The van der Waals surface area contributed by atoms with Gasteiger partial charge in [-0.3, -0.25) is 9.69 Å². The Morgan fingerprint density at radius 1 is 1.25 bits per heavy atom. The van der Waals surface area contributed by atoms with Crippen LogP contribution in [0.15, 0.2) is 12.1 Å². The van der Waals surface area contributed by atoms with Gasteiger partial charge >= 0.3 is 5.97 Å². The number of carbonyl (C=O) groups excluding carboxylic acids is 1. The maximum Gasteiger partial charge on any atom is 0.307 e. The van der Waals surface area contributed by atoms with Crippen LogP contribution in [-0.2, 0) is 16.1 Å². The van der Waals surface area contributed by atoms with Crippen molar-refractivity contribution in [1.82, 2.24) is 4.90 Å². The van der Waals surface area contributed by atoms with Crippen LogP contribution in [0.1, 0.15) is 38.2 Å². The zero-order chi connectivity index (χ0) is 17.5. The molecule has 0 aromatic heterocycles. The molecule has 1 atom stereocenters. The second-order valence-electron chi connectivity index (χ2n) is 5.93. The largest absolute Gasteiger partial charge is 0.493 e. The zero-order valence-corrected chi connectivity index (χ0v) is 14.6. The third-order valence-corrected chi connectivity index (χ3v) is 4.38. The van der Waals surface area contributed by atoms with Gasteiger partial charge in [-0.05, 0) is 32.4 Å². The van der Waals surface area contributed by atoms with Crippen LogP contribution >= 0.6 is 0 Å². The Balaban J connectivity index is 2.13. The van der Waals surface area contributed by atoms with Gasteiger partial charge in [0.25, 0.3) is 0 Å². The third-order valence-electron chi connectivity index (χ3n) is 4.38. The molecule has 1 aromatic rings. The van der Waals surface area contributed by atoms with E-state index in [4.69, 9.17) is 14.2 Å². The number of likely N-dealkylation sites (tertiary alicyclic amines) is 1. The molecule has 0 radical (unpaired) electrons. The summed E-state index contributed by atoms with van der Waals surface area (Å²) in [6.45, 7) is 3.47. The van der Waals surface area contributed by atoms with E-state index in [0.29, 0.717) is 36.6 Å². The fourth-order valence-corrected chi connectivity index (χ4v) is 3.15. The molecule has 0 N–H and O–H groups in total. The minimum atomic E-state index is -0.326. The molecular formula is C18H26FNO4. The molecule has 0 amide bonds. The summed E-state index contributed by atoms with van der Waals surface area (Å²) in [5.74, 6) is 0.364. The molecule has 2 rings (SSSR count). The highest BCUT2D eigenvalue weighted by Crippen LogP contribution is 2.31. The average molecular weight is 339 g/mol. The van der Waals surface area contributed by atoms with Crippen molar-refractivity contribution in [1.29, 1.82) is 0 Å². The predicted molar refractivity (Wildman–Crippen MR) is 88.8 cm³/mol. The topological polar surface area (TPSA) is 48.0 Å².